The molecule has 1 fully saturated rings. The normalized spacial score (nSPS) is 23.0. The van der Waals surface area contributed by atoms with Crippen LogP contribution in [0.4, 0.5) is 0 Å². The average molecular weight is 392 g/mol. The Bertz CT molecular complexity index is 958. The van der Waals surface area contributed by atoms with Crippen LogP contribution in [0.5, 0.6) is 0 Å². The molecule has 0 amide bonds. The number of hydrogen-bond donors (Lipinski definition) is 0. The fraction of sp³-hybridized carbons (Fsp3) is 0.316. The molecule has 136 valence electrons. The Hall–Kier alpha value is -1.89. The van der Waals surface area contributed by atoms with E-state index in [0.29, 0.717) is 35.5 Å². The third-order valence-corrected chi connectivity index (χ3v) is 7.05. The molecule has 0 aromatic heterocycles. The number of benzene rings is 2. The van der Waals surface area contributed by atoms with E-state index >= 15 is 0 Å². The fourth-order valence-corrected chi connectivity index (χ4v) is 5.49. The van der Waals surface area contributed by atoms with Gasteiger partial charge in [0.1, 0.15) is 0 Å². The molecule has 1 atom stereocenters. The van der Waals surface area contributed by atoms with Gasteiger partial charge in [0.25, 0.3) is 0 Å². The molecular weight excluding hydrogens is 374 g/mol. The van der Waals surface area contributed by atoms with Crippen LogP contribution in [0, 0.1) is 0 Å². The monoisotopic (exact) mass is 391 g/mol. The summed E-state index contributed by atoms with van der Waals surface area (Å²) in [5.41, 5.74) is 1.12. The Morgan fingerprint density at radius 3 is 2.62 bits per heavy atom. The molecule has 2 aliphatic rings. The second kappa shape index (κ2) is 6.37. The summed E-state index contributed by atoms with van der Waals surface area (Å²) < 4.78 is 33.0. The number of ether oxygens (including phenoxy) is 1. The predicted octanol–water partition coefficient (Wildman–Crippen LogP) is 3.33. The van der Waals surface area contributed by atoms with E-state index in [4.69, 9.17) is 16.3 Å². The first kappa shape index (κ1) is 17.5. The van der Waals surface area contributed by atoms with Gasteiger partial charge in [-0.3, -0.25) is 0 Å². The molecule has 0 radical (unpaired) electrons. The number of carbonyl (C=O) groups is 1. The molecule has 2 heterocycles. The Labute approximate surface area is 157 Å². The highest BCUT2D eigenvalue weighted by Crippen LogP contribution is 2.43. The van der Waals surface area contributed by atoms with Gasteiger partial charge in [-0.15, -0.1) is 0 Å². The molecule has 26 heavy (non-hydrogen) atoms. The fourth-order valence-electron chi connectivity index (χ4n) is 3.75. The molecule has 0 bridgehead atoms. The molecule has 0 aliphatic carbocycles. The van der Waals surface area contributed by atoms with Crippen molar-refractivity contribution in [1.29, 1.82) is 0 Å². The minimum Gasteiger partial charge on any atom is -0.449 e. The quantitative estimate of drug-likeness (QED) is 0.753. The molecule has 2 aromatic rings. The molecule has 0 N–H and O–H groups in total. The lowest BCUT2D eigenvalue weighted by molar-refractivity contribution is -0.0345. The van der Waals surface area contributed by atoms with Crippen molar-refractivity contribution in [3.05, 3.63) is 70.2 Å². The number of carbonyl (C=O) groups excluding carboxylic acids is 1. The van der Waals surface area contributed by atoms with Crippen molar-refractivity contribution in [2.24, 2.45) is 0 Å². The summed E-state index contributed by atoms with van der Waals surface area (Å²) in [5, 5.41) is 0.567. The van der Waals surface area contributed by atoms with E-state index in [0.717, 1.165) is 5.56 Å². The maximum atomic E-state index is 12.9. The molecule has 2 aromatic carbocycles. The number of sulfonamides is 1. The zero-order valence-corrected chi connectivity index (χ0v) is 15.6. The lowest BCUT2D eigenvalue weighted by Crippen LogP contribution is -2.49. The summed E-state index contributed by atoms with van der Waals surface area (Å²) in [6, 6.07) is 14.0. The maximum Gasteiger partial charge on any atom is 0.339 e. The van der Waals surface area contributed by atoms with Crippen molar-refractivity contribution in [2.45, 2.75) is 24.2 Å². The van der Waals surface area contributed by atoms with Gasteiger partial charge in [0.15, 0.2) is 5.60 Å². The van der Waals surface area contributed by atoms with Crippen LogP contribution in [0.25, 0.3) is 0 Å². The van der Waals surface area contributed by atoms with Crippen molar-refractivity contribution in [3.8, 4) is 0 Å². The third kappa shape index (κ3) is 3.02. The first-order valence-corrected chi connectivity index (χ1v) is 10.4. The first-order chi connectivity index (χ1) is 12.4. The van der Waals surface area contributed by atoms with Gasteiger partial charge in [0, 0.05) is 17.1 Å². The van der Waals surface area contributed by atoms with Crippen LogP contribution in [0.3, 0.4) is 0 Å². The summed E-state index contributed by atoms with van der Waals surface area (Å²) in [6.07, 6.45) is 1.27. The highest BCUT2D eigenvalue weighted by Gasteiger charge is 2.49. The van der Waals surface area contributed by atoms with E-state index in [1.165, 1.54) is 4.31 Å². The Kier molecular flexibility index (Phi) is 4.29. The molecule has 1 saturated heterocycles. The van der Waals surface area contributed by atoms with Crippen LogP contribution in [0.15, 0.2) is 48.5 Å². The van der Waals surface area contributed by atoms with Gasteiger partial charge in [-0.05, 0) is 36.6 Å². The molecular formula is C19H18ClNO4S. The van der Waals surface area contributed by atoms with Crippen molar-refractivity contribution in [3.63, 3.8) is 0 Å². The van der Waals surface area contributed by atoms with Crippen molar-refractivity contribution < 1.29 is 17.9 Å². The van der Waals surface area contributed by atoms with E-state index in [9.17, 15) is 13.2 Å². The molecule has 5 nitrogen and oxygen atoms in total. The van der Waals surface area contributed by atoms with E-state index < -0.39 is 15.6 Å². The standard InChI is InChI=1S/C19H18ClNO4S/c20-15-8-6-14(7-9-15)12-26(23,24)21-11-3-10-19(13-21)17-5-2-1-4-16(17)18(22)25-19/h1-2,4-9H,3,10-13H2. The molecule has 0 saturated carbocycles. The molecule has 1 unspecified atom stereocenters. The van der Waals surface area contributed by atoms with Crippen LogP contribution in [0.1, 0.15) is 34.3 Å². The molecule has 2 aliphatic heterocycles. The van der Waals surface area contributed by atoms with Gasteiger partial charge in [-0.2, -0.15) is 4.31 Å². The smallest absolute Gasteiger partial charge is 0.339 e. The minimum atomic E-state index is -3.53. The van der Waals surface area contributed by atoms with Gasteiger partial charge in [-0.1, -0.05) is 41.9 Å². The number of nitrogens with zero attached hydrogens (tertiary/aromatic N) is 1. The largest absolute Gasteiger partial charge is 0.449 e. The summed E-state index contributed by atoms with van der Waals surface area (Å²) in [7, 11) is -3.53. The molecule has 1 spiro atoms. The van der Waals surface area contributed by atoms with Crippen LogP contribution in [0.2, 0.25) is 5.02 Å². The van der Waals surface area contributed by atoms with Gasteiger partial charge < -0.3 is 4.74 Å². The zero-order chi connectivity index (χ0) is 18.4. The van der Waals surface area contributed by atoms with E-state index in [1.807, 2.05) is 12.1 Å². The summed E-state index contributed by atoms with van der Waals surface area (Å²) >= 11 is 5.87. The Morgan fingerprint density at radius 2 is 1.85 bits per heavy atom. The first-order valence-electron chi connectivity index (χ1n) is 8.45. The SMILES string of the molecule is O=C1OC2(CCCN(S(=O)(=O)Cc3ccc(Cl)cc3)C2)c2ccccc21. The molecule has 4 rings (SSSR count). The lowest BCUT2D eigenvalue weighted by atomic mass is 9.86. The summed E-state index contributed by atoms with van der Waals surface area (Å²) in [4.78, 5) is 12.2. The summed E-state index contributed by atoms with van der Waals surface area (Å²) in [6.45, 7) is 0.586. The minimum absolute atomic E-state index is 0.101. The maximum absolute atomic E-state index is 12.9. The number of fused-ring (bicyclic) bond motifs is 2. The number of hydrogen-bond acceptors (Lipinski definition) is 4. The van der Waals surface area contributed by atoms with Gasteiger partial charge >= 0.3 is 5.97 Å². The van der Waals surface area contributed by atoms with Crippen LogP contribution in [-0.4, -0.2) is 31.8 Å². The van der Waals surface area contributed by atoms with E-state index in [1.54, 1.807) is 36.4 Å². The number of rotatable bonds is 3. The van der Waals surface area contributed by atoms with E-state index in [2.05, 4.69) is 0 Å². The van der Waals surface area contributed by atoms with Gasteiger partial charge in [-0.25, -0.2) is 13.2 Å². The number of piperidine rings is 1. The van der Waals surface area contributed by atoms with Crippen molar-refractivity contribution in [1.82, 2.24) is 4.31 Å². The predicted molar refractivity (Wildman–Crippen MR) is 98.4 cm³/mol. The van der Waals surface area contributed by atoms with Crippen LogP contribution in [-0.2, 0) is 26.1 Å². The highest BCUT2D eigenvalue weighted by atomic mass is 35.5. The van der Waals surface area contributed by atoms with Gasteiger partial charge in [0.2, 0.25) is 10.0 Å². The third-order valence-electron chi connectivity index (χ3n) is 5.00. The van der Waals surface area contributed by atoms with Gasteiger partial charge in [0.05, 0.1) is 17.9 Å². The van der Waals surface area contributed by atoms with Crippen LogP contribution >= 0.6 is 11.6 Å². The van der Waals surface area contributed by atoms with Crippen molar-refractivity contribution in [2.75, 3.05) is 13.1 Å². The number of halogens is 1. The second-order valence-corrected chi connectivity index (χ2v) is 9.15. The van der Waals surface area contributed by atoms with E-state index in [-0.39, 0.29) is 18.3 Å². The second-order valence-electron chi connectivity index (χ2n) is 6.75. The number of esters is 1. The summed E-state index contributed by atoms with van der Waals surface area (Å²) in [5.74, 6) is -0.479. The Morgan fingerprint density at radius 1 is 1.12 bits per heavy atom. The zero-order valence-electron chi connectivity index (χ0n) is 14.0. The lowest BCUT2D eigenvalue weighted by Gasteiger charge is -2.38. The average Bonchev–Trinajstić information content (AvgIpc) is 2.89. The highest BCUT2D eigenvalue weighted by molar-refractivity contribution is 7.88. The topological polar surface area (TPSA) is 63.7 Å². The molecule has 7 heteroatoms. The Balaban J connectivity index is 1.61. The van der Waals surface area contributed by atoms with Crippen molar-refractivity contribution >= 4 is 27.6 Å². The van der Waals surface area contributed by atoms with Crippen LogP contribution < -0.4 is 0 Å².